The number of hydrogen-bond donors (Lipinski definition) is 1. The van der Waals surface area contributed by atoms with Crippen LogP contribution in [0.5, 0.6) is 0 Å². The Kier molecular flexibility index (Phi) is 6.55. The minimum absolute atomic E-state index is 0.0440. The van der Waals surface area contributed by atoms with Crippen molar-refractivity contribution in [2.45, 2.75) is 52.6 Å². The van der Waals surface area contributed by atoms with Crippen LogP contribution in [0, 0.1) is 6.92 Å². The lowest BCUT2D eigenvalue weighted by molar-refractivity contribution is 0.0123. The normalized spacial score (nSPS) is 13.8. The van der Waals surface area contributed by atoms with E-state index in [0.717, 1.165) is 11.1 Å². The fraction of sp³-hybridized carbons (Fsp3) is 0.357. The van der Waals surface area contributed by atoms with E-state index in [2.05, 4.69) is 5.10 Å². The van der Waals surface area contributed by atoms with Gasteiger partial charge >= 0.3 is 17.8 Å². The van der Waals surface area contributed by atoms with Crippen LogP contribution in [0.25, 0.3) is 16.8 Å². The van der Waals surface area contributed by atoms with E-state index in [1.165, 1.54) is 9.47 Å². The number of ether oxygens (including phenoxy) is 2. The molecule has 2 aromatic heterocycles. The van der Waals surface area contributed by atoms with Crippen LogP contribution in [0.4, 0.5) is 4.79 Å². The number of fused-ring (bicyclic) bond motifs is 2. The molecule has 2 aromatic carbocycles. The molecule has 4 aromatic rings. The van der Waals surface area contributed by atoms with Gasteiger partial charge in [0.1, 0.15) is 12.2 Å². The first-order valence-electron chi connectivity index (χ1n) is 12.5. The predicted octanol–water partition coefficient (Wildman–Crippen LogP) is 3.77. The summed E-state index contributed by atoms with van der Waals surface area (Å²) in [5.74, 6) is -0.830. The van der Waals surface area contributed by atoms with Crippen LogP contribution in [0.1, 0.15) is 59.5 Å². The van der Waals surface area contributed by atoms with E-state index >= 15 is 0 Å². The molecule has 0 bridgehead atoms. The number of aryl methyl sites for hydroxylation is 1. The summed E-state index contributed by atoms with van der Waals surface area (Å²) in [6.07, 6.45) is 1.79. The summed E-state index contributed by atoms with van der Waals surface area (Å²) in [5, 5.41) is 15.6. The molecule has 3 heterocycles. The number of oxazole rings is 1. The Morgan fingerprint density at radius 1 is 1.23 bits per heavy atom. The number of aromatic nitrogens is 3. The molecule has 204 valence electrons. The minimum Gasteiger partial charge on any atom is -0.457 e. The third-order valence-corrected chi connectivity index (χ3v) is 6.66. The fourth-order valence-electron chi connectivity index (χ4n) is 4.63. The first-order chi connectivity index (χ1) is 18.4. The van der Waals surface area contributed by atoms with Crippen molar-refractivity contribution >= 4 is 23.2 Å². The maximum Gasteiger partial charge on any atom is 0.419 e. The van der Waals surface area contributed by atoms with Crippen molar-refractivity contribution in [2.24, 2.45) is 7.05 Å². The van der Waals surface area contributed by atoms with E-state index in [9.17, 15) is 19.5 Å². The number of esters is 1. The molecule has 0 fully saturated rings. The number of nitrogens with zero attached hydrogens (tertiary/aromatic N) is 4. The maximum atomic E-state index is 13.2. The fourth-order valence-corrected chi connectivity index (χ4v) is 4.63. The van der Waals surface area contributed by atoms with Crippen LogP contribution >= 0.6 is 0 Å². The molecule has 0 spiro atoms. The molecule has 1 amide bonds. The molecular formula is C28H30N4O7. The van der Waals surface area contributed by atoms with Crippen molar-refractivity contribution < 1.29 is 28.6 Å². The van der Waals surface area contributed by atoms with Crippen LogP contribution in [-0.2, 0) is 29.7 Å². The van der Waals surface area contributed by atoms with Gasteiger partial charge in [-0.1, -0.05) is 6.07 Å². The average molecular weight is 535 g/mol. The molecule has 0 saturated heterocycles. The van der Waals surface area contributed by atoms with Crippen LogP contribution in [-0.4, -0.2) is 48.6 Å². The zero-order chi connectivity index (χ0) is 28.1. The lowest BCUT2D eigenvalue weighted by Gasteiger charge is -2.29. The third-order valence-electron chi connectivity index (χ3n) is 6.66. The largest absolute Gasteiger partial charge is 0.457 e. The molecule has 1 N–H and O–H groups in total. The van der Waals surface area contributed by atoms with Gasteiger partial charge in [-0.3, -0.25) is 4.57 Å². The van der Waals surface area contributed by atoms with E-state index in [1.54, 1.807) is 75.2 Å². The number of aliphatic hydroxyl groups is 1. The smallest absolute Gasteiger partial charge is 0.419 e. The zero-order valence-corrected chi connectivity index (χ0v) is 22.4. The van der Waals surface area contributed by atoms with E-state index in [-0.39, 0.29) is 25.7 Å². The standard InChI is InChI=1S/C28H30N4O7/c1-16-19(7-8-20-21(16)15-37-25(20)34)23(33)14-31(27(36)39-28(2,3)4)12-17-11-29-32(13-17)18-6-9-24-22(10-18)30(5)26(35)38-24/h6-11,13,23,33H,12,14-15H2,1-5H3/t23-/m0/s1. The van der Waals surface area contributed by atoms with E-state index < -0.39 is 23.6 Å². The molecule has 11 heteroatoms. The van der Waals surface area contributed by atoms with Gasteiger partial charge in [0, 0.05) is 24.4 Å². The maximum absolute atomic E-state index is 13.2. The van der Waals surface area contributed by atoms with Gasteiger partial charge in [-0.2, -0.15) is 5.10 Å². The Balaban J connectivity index is 1.40. The highest BCUT2D eigenvalue weighted by atomic mass is 16.6. The molecule has 0 aliphatic carbocycles. The van der Waals surface area contributed by atoms with Crippen LogP contribution in [0.2, 0.25) is 0 Å². The van der Waals surface area contributed by atoms with Gasteiger partial charge in [-0.15, -0.1) is 0 Å². The lowest BCUT2D eigenvalue weighted by Crippen LogP contribution is -2.38. The number of aliphatic hydroxyl groups excluding tert-OH is 1. The highest BCUT2D eigenvalue weighted by molar-refractivity contribution is 5.94. The highest BCUT2D eigenvalue weighted by Gasteiger charge is 2.29. The Morgan fingerprint density at radius 3 is 2.74 bits per heavy atom. The van der Waals surface area contributed by atoms with Gasteiger partial charge in [0.15, 0.2) is 5.58 Å². The number of hydrogen-bond acceptors (Lipinski definition) is 8. The van der Waals surface area contributed by atoms with Crippen LogP contribution < -0.4 is 5.76 Å². The minimum atomic E-state index is -1.03. The SMILES string of the molecule is Cc1c([C@@H](O)CN(Cc2cnn(-c3ccc4oc(=O)n(C)c4c3)c2)C(=O)OC(C)(C)C)ccc2c1COC2=O. The van der Waals surface area contributed by atoms with Crippen molar-refractivity contribution in [2.75, 3.05) is 6.54 Å². The Hall–Kier alpha value is -4.38. The highest BCUT2D eigenvalue weighted by Crippen LogP contribution is 2.30. The van der Waals surface area contributed by atoms with Gasteiger partial charge in [0.2, 0.25) is 0 Å². The summed E-state index contributed by atoms with van der Waals surface area (Å²) in [6.45, 7) is 7.40. The van der Waals surface area contributed by atoms with Gasteiger partial charge in [-0.05, 0) is 63.1 Å². The zero-order valence-electron chi connectivity index (χ0n) is 22.4. The van der Waals surface area contributed by atoms with Crippen molar-refractivity contribution in [1.82, 2.24) is 19.2 Å². The Bertz CT molecular complexity index is 1640. The van der Waals surface area contributed by atoms with E-state index in [0.29, 0.717) is 33.5 Å². The summed E-state index contributed by atoms with van der Waals surface area (Å²) >= 11 is 0. The predicted molar refractivity (Wildman–Crippen MR) is 140 cm³/mol. The van der Waals surface area contributed by atoms with Crippen LogP contribution in [0.3, 0.4) is 0 Å². The van der Waals surface area contributed by atoms with Crippen molar-refractivity contribution in [3.05, 3.63) is 81.1 Å². The molecule has 1 aliphatic heterocycles. The monoisotopic (exact) mass is 534 g/mol. The number of cyclic esters (lactones) is 1. The summed E-state index contributed by atoms with van der Waals surface area (Å²) < 4.78 is 19.0. The van der Waals surface area contributed by atoms with E-state index in [4.69, 9.17) is 13.9 Å². The molecule has 1 atom stereocenters. The average Bonchev–Trinajstić information content (AvgIpc) is 3.56. The third kappa shape index (κ3) is 5.17. The van der Waals surface area contributed by atoms with Crippen molar-refractivity contribution in [3.8, 4) is 5.69 Å². The summed E-state index contributed by atoms with van der Waals surface area (Å²) in [7, 11) is 1.63. The number of amides is 1. The van der Waals surface area contributed by atoms with Gasteiger partial charge < -0.3 is 23.9 Å². The van der Waals surface area contributed by atoms with E-state index in [1.807, 2.05) is 6.92 Å². The first kappa shape index (κ1) is 26.2. The van der Waals surface area contributed by atoms with Gasteiger partial charge in [0.25, 0.3) is 0 Å². The molecule has 11 nitrogen and oxygen atoms in total. The topological polar surface area (TPSA) is 129 Å². The van der Waals surface area contributed by atoms with Crippen molar-refractivity contribution in [1.29, 1.82) is 0 Å². The molecule has 0 unspecified atom stereocenters. The Morgan fingerprint density at radius 2 is 2.00 bits per heavy atom. The van der Waals surface area contributed by atoms with Gasteiger partial charge in [0.05, 0.1) is 42.2 Å². The number of rotatable bonds is 6. The summed E-state index contributed by atoms with van der Waals surface area (Å²) in [6, 6.07) is 8.61. The second-order valence-corrected chi connectivity index (χ2v) is 10.6. The molecule has 1 aliphatic rings. The molecule has 39 heavy (non-hydrogen) atoms. The number of carbonyl (C=O) groups excluding carboxylic acids is 2. The van der Waals surface area contributed by atoms with Crippen LogP contribution in [0.15, 0.2) is 51.9 Å². The summed E-state index contributed by atoms with van der Waals surface area (Å²) in [5.41, 5.74) is 4.39. The quantitative estimate of drug-likeness (QED) is 0.370. The molecule has 0 radical (unpaired) electrons. The Labute approximate surface area is 224 Å². The second-order valence-electron chi connectivity index (χ2n) is 10.6. The second kappa shape index (κ2) is 9.73. The number of carbonyl (C=O) groups is 2. The summed E-state index contributed by atoms with van der Waals surface area (Å²) in [4.78, 5) is 38.3. The lowest BCUT2D eigenvalue weighted by atomic mass is 9.95. The first-order valence-corrected chi connectivity index (χ1v) is 12.5. The van der Waals surface area contributed by atoms with Gasteiger partial charge in [-0.25, -0.2) is 19.1 Å². The molecule has 0 saturated carbocycles. The number of benzene rings is 2. The van der Waals surface area contributed by atoms with Crippen molar-refractivity contribution in [3.63, 3.8) is 0 Å². The molecule has 5 rings (SSSR count). The molecular weight excluding hydrogens is 504 g/mol.